The standard InChI is InChI=1S/C13H7ClFN/c14-12-7-9(8-16)5-6-10(12)11-3-1-2-4-13(11)15/h1-7H. The highest BCUT2D eigenvalue weighted by atomic mass is 35.5. The van der Waals surface area contributed by atoms with E-state index in [2.05, 4.69) is 0 Å². The molecule has 0 spiro atoms. The topological polar surface area (TPSA) is 23.8 Å². The lowest BCUT2D eigenvalue weighted by molar-refractivity contribution is 0.631. The second kappa shape index (κ2) is 4.34. The van der Waals surface area contributed by atoms with Gasteiger partial charge < -0.3 is 0 Å². The van der Waals surface area contributed by atoms with Crippen LogP contribution in [0.3, 0.4) is 0 Å². The van der Waals surface area contributed by atoms with Crippen LogP contribution in [-0.2, 0) is 0 Å². The van der Waals surface area contributed by atoms with Gasteiger partial charge in [-0.1, -0.05) is 35.9 Å². The number of hydrogen-bond acceptors (Lipinski definition) is 1. The summed E-state index contributed by atoms with van der Waals surface area (Å²) in [6.07, 6.45) is 0. The van der Waals surface area contributed by atoms with Gasteiger partial charge >= 0.3 is 0 Å². The molecule has 0 bridgehead atoms. The lowest BCUT2D eigenvalue weighted by Gasteiger charge is -2.05. The van der Waals surface area contributed by atoms with Gasteiger partial charge in [0, 0.05) is 16.1 Å². The van der Waals surface area contributed by atoms with Crippen molar-refractivity contribution in [3.8, 4) is 17.2 Å². The minimum Gasteiger partial charge on any atom is -0.206 e. The lowest BCUT2D eigenvalue weighted by Crippen LogP contribution is -1.85. The maximum absolute atomic E-state index is 13.5. The van der Waals surface area contributed by atoms with Crippen LogP contribution in [0, 0.1) is 17.1 Å². The van der Waals surface area contributed by atoms with Gasteiger partial charge in [-0.2, -0.15) is 5.26 Å². The predicted octanol–water partition coefficient (Wildman–Crippen LogP) is 4.02. The molecule has 0 heterocycles. The zero-order valence-electron chi connectivity index (χ0n) is 8.24. The number of nitrogens with zero attached hydrogens (tertiary/aromatic N) is 1. The van der Waals surface area contributed by atoms with Crippen LogP contribution in [0.4, 0.5) is 4.39 Å². The van der Waals surface area contributed by atoms with Crippen molar-refractivity contribution in [2.75, 3.05) is 0 Å². The Kier molecular flexibility index (Phi) is 2.89. The van der Waals surface area contributed by atoms with E-state index in [4.69, 9.17) is 16.9 Å². The number of benzene rings is 2. The Hall–Kier alpha value is -1.85. The summed E-state index contributed by atoms with van der Waals surface area (Å²) < 4.78 is 13.5. The molecule has 2 aromatic carbocycles. The molecule has 0 aliphatic carbocycles. The first-order valence-corrected chi connectivity index (χ1v) is 5.04. The molecule has 2 rings (SSSR count). The van der Waals surface area contributed by atoms with Crippen molar-refractivity contribution in [1.82, 2.24) is 0 Å². The summed E-state index contributed by atoms with van der Waals surface area (Å²) in [6, 6.07) is 13.2. The Labute approximate surface area is 97.7 Å². The van der Waals surface area contributed by atoms with Crippen LogP contribution in [0.1, 0.15) is 5.56 Å². The second-order valence-corrected chi connectivity index (χ2v) is 3.69. The maximum atomic E-state index is 13.5. The van der Waals surface area contributed by atoms with Crippen LogP contribution in [-0.4, -0.2) is 0 Å². The van der Waals surface area contributed by atoms with Crippen molar-refractivity contribution in [2.45, 2.75) is 0 Å². The van der Waals surface area contributed by atoms with E-state index in [1.807, 2.05) is 6.07 Å². The molecule has 0 unspecified atom stereocenters. The Morgan fingerprint density at radius 1 is 1.06 bits per heavy atom. The van der Waals surface area contributed by atoms with Crippen LogP contribution in [0.25, 0.3) is 11.1 Å². The third-order valence-corrected chi connectivity index (χ3v) is 2.57. The van der Waals surface area contributed by atoms with Crippen LogP contribution >= 0.6 is 11.6 Å². The van der Waals surface area contributed by atoms with Crippen LogP contribution in [0.5, 0.6) is 0 Å². The van der Waals surface area contributed by atoms with Gasteiger partial charge in [0.15, 0.2) is 0 Å². The fourth-order valence-electron chi connectivity index (χ4n) is 1.48. The second-order valence-electron chi connectivity index (χ2n) is 3.29. The van der Waals surface area contributed by atoms with Gasteiger partial charge in [0.2, 0.25) is 0 Å². The lowest BCUT2D eigenvalue weighted by atomic mass is 10.0. The SMILES string of the molecule is N#Cc1ccc(-c2ccccc2F)c(Cl)c1. The molecule has 0 radical (unpaired) electrons. The van der Waals surface area contributed by atoms with Gasteiger partial charge in [-0.15, -0.1) is 0 Å². The summed E-state index contributed by atoms with van der Waals surface area (Å²) in [5, 5.41) is 9.07. The van der Waals surface area contributed by atoms with Gasteiger partial charge in [0.1, 0.15) is 5.82 Å². The quantitative estimate of drug-likeness (QED) is 0.727. The molecule has 0 N–H and O–H groups in total. The molecule has 0 aliphatic heterocycles. The number of hydrogen-bond donors (Lipinski definition) is 0. The van der Waals surface area contributed by atoms with E-state index in [1.165, 1.54) is 12.1 Å². The molecule has 0 amide bonds. The van der Waals surface area contributed by atoms with Crippen LogP contribution in [0.15, 0.2) is 42.5 Å². The summed E-state index contributed by atoms with van der Waals surface area (Å²) in [6.45, 7) is 0. The molecule has 0 saturated carbocycles. The van der Waals surface area contributed by atoms with Crippen LogP contribution in [0.2, 0.25) is 5.02 Å². The summed E-state index contributed by atoms with van der Waals surface area (Å²) in [4.78, 5) is 0. The van der Waals surface area contributed by atoms with E-state index in [0.29, 0.717) is 21.7 Å². The largest absolute Gasteiger partial charge is 0.206 e. The van der Waals surface area contributed by atoms with Gasteiger partial charge in [0.25, 0.3) is 0 Å². The highest BCUT2D eigenvalue weighted by Gasteiger charge is 2.08. The van der Waals surface area contributed by atoms with E-state index >= 15 is 0 Å². The Balaban J connectivity index is 2.58. The van der Waals surface area contributed by atoms with Crippen molar-refractivity contribution in [3.05, 3.63) is 58.9 Å². The van der Waals surface area contributed by atoms with Gasteiger partial charge in [-0.3, -0.25) is 0 Å². The first-order valence-electron chi connectivity index (χ1n) is 4.67. The normalized spacial score (nSPS) is 9.81. The fraction of sp³-hybridized carbons (Fsp3) is 0. The van der Waals surface area contributed by atoms with Crippen molar-refractivity contribution < 1.29 is 4.39 Å². The number of nitriles is 1. The number of halogens is 2. The highest BCUT2D eigenvalue weighted by molar-refractivity contribution is 6.33. The van der Waals surface area contributed by atoms with Gasteiger partial charge in [-0.25, -0.2) is 4.39 Å². The monoisotopic (exact) mass is 231 g/mol. The average molecular weight is 232 g/mol. The van der Waals surface area contributed by atoms with E-state index < -0.39 is 0 Å². The van der Waals surface area contributed by atoms with Crippen molar-refractivity contribution in [3.63, 3.8) is 0 Å². The minimum absolute atomic E-state index is 0.325. The molecule has 0 aliphatic rings. The highest BCUT2D eigenvalue weighted by Crippen LogP contribution is 2.30. The van der Waals surface area contributed by atoms with E-state index in [9.17, 15) is 4.39 Å². The van der Waals surface area contributed by atoms with E-state index in [1.54, 1.807) is 30.3 Å². The van der Waals surface area contributed by atoms with E-state index in [0.717, 1.165) is 0 Å². The van der Waals surface area contributed by atoms with Crippen molar-refractivity contribution in [2.24, 2.45) is 0 Å². The molecule has 0 fully saturated rings. The summed E-state index contributed by atoms with van der Waals surface area (Å²) in [5.74, 6) is -0.325. The third-order valence-electron chi connectivity index (χ3n) is 2.26. The summed E-state index contributed by atoms with van der Waals surface area (Å²) in [7, 11) is 0. The zero-order valence-corrected chi connectivity index (χ0v) is 9.00. The molecule has 0 aromatic heterocycles. The van der Waals surface area contributed by atoms with Crippen molar-refractivity contribution in [1.29, 1.82) is 5.26 Å². The average Bonchev–Trinajstić information content (AvgIpc) is 2.30. The fourth-order valence-corrected chi connectivity index (χ4v) is 1.77. The first kappa shape index (κ1) is 10.7. The van der Waals surface area contributed by atoms with Gasteiger partial charge in [-0.05, 0) is 18.2 Å². The van der Waals surface area contributed by atoms with Crippen molar-refractivity contribution >= 4 is 11.6 Å². The predicted molar refractivity (Wildman–Crippen MR) is 61.6 cm³/mol. The Morgan fingerprint density at radius 2 is 1.81 bits per heavy atom. The van der Waals surface area contributed by atoms with Gasteiger partial charge in [0.05, 0.1) is 11.6 Å². The summed E-state index contributed by atoms with van der Waals surface area (Å²) >= 11 is 6.00. The smallest absolute Gasteiger partial charge is 0.131 e. The molecule has 2 aromatic rings. The Bertz CT molecular complexity index is 572. The van der Waals surface area contributed by atoms with Crippen LogP contribution < -0.4 is 0 Å². The molecule has 0 saturated heterocycles. The van der Waals surface area contributed by atoms with E-state index in [-0.39, 0.29) is 5.82 Å². The number of rotatable bonds is 1. The molecule has 0 atom stereocenters. The Morgan fingerprint density at radius 3 is 2.44 bits per heavy atom. The molecular formula is C13H7ClFN. The maximum Gasteiger partial charge on any atom is 0.131 e. The molecule has 3 heteroatoms. The summed E-state index contributed by atoms with van der Waals surface area (Å²) in [5.41, 5.74) is 1.50. The third kappa shape index (κ3) is 1.91. The molecule has 1 nitrogen and oxygen atoms in total. The molecule has 16 heavy (non-hydrogen) atoms. The zero-order chi connectivity index (χ0) is 11.5. The minimum atomic E-state index is -0.325. The molecule has 78 valence electrons. The first-order chi connectivity index (χ1) is 7.72. The molecular weight excluding hydrogens is 225 g/mol.